The zero-order valence-corrected chi connectivity index (χ0v) is 20.5. The van der Waals surface area contributed by atoms with E-state index >= 15 is 0 Å². The van der Waals surface area contributed by atoms with Crippen molar-refractivity contribution in [3.05, 3.63) is 89.0 Å². The van der Waals surface area contributed by atoms with E-state index in [4.69, 9.17) is 0 Å². The molecule has 0 heterocycles. The molecule has 2 amide bonds. The number of carbonyl (C=O) groups excluding carboxylic acids is 2. The van der Waals surface area contributed by atoms with Gasteiger partial charge in [-0.05, 0) is 61.2 Å². The molecule has 3 rings (SSSR count). The fraction of sp³-hybridized carbons (Fsp3) is 0.231. The summed E-state index contributed by atoms with van der Waals surface area (Å²) < 4.78 is 28.8. The molecule has 0 radical (unpaired) electrons. The van der Waals surface area contributed by atoms with Crippen molar-refractivity contribution in [1.29, 1.82) is 0 Å². The average Bonchev–Trinajstić information content (AvgIpc) is 2.79. The number of carbonyl (C=O) groups is 2. The van der Waals surface area contributed by atoms with Crippen LogP contribution in [-0.4, -0.2) is 26.8 Å². The minimum absolute atomic E-state index is 0.00589. The predicted octanol–water partition coefficient (Wildman–Crippen LogP) is 4.74. The first kappa shape index (κ1) is 25.0. The van der Waals surface area contributed by atoms with Crippen molar-refractivity contribution < 1.29 is 18.0 Å². The summed E-state index contributed by atoms with van der Waals surface area (Å²) in [4.78, 5) is 25.6. The molecule has 0 fully saturated rings. The smallest absolute Gasteiger partial charge is 0.262 e. The van der Waals surface area contributed by atoms with Gasteiger partial charge in [-0.3, -0.25) is 14.3 Å². The number of benzene rings is 3. The molecule has 8 heteroatoms. The summed E-state index contributed by atoms with van der Waals surface area (Å²) in [5.41, 5.74) is 2.59. The average molecular weight is 480 g/mol. The van der Waals surface area contributed by atoms with Crippen LogP contribution < -0.4 is 15.4 Å². The van der Waals surface area contributed by atoms with Crippen LogP contribution in [0.25, 0.3) is 0 Å². The number of hydrogen-bond donors (Lipinski definition) is 3. The summed E-state index contributed by atoms with van der Waals surface area (Å²) in [5, 5.41) is 5.58. The van der Waals surface area contributed by atoms with Gasteiger partial charge in [-0.15, -0.1) is 0 Å². The van der Waals surface area contributed by atoms with E-state index in [0.717, 1.165) is 5.56 Å². The molecule has 0 saturated heterocycles. The number of rotatable bonds is 8. The highest BCUT2D eigenvalue weighted by atomic mass is 32.2. The molecule has 3 aromatic rings. The van der Waals surface area contributed by atoms with Crippen molar-refractivity contribution in [3.63, 3.8) is 0 Å². The van der Waals surface area contributed by atoms with Gasteiger partial charge in [0.15, 0.2) is 0 Å². The largest absolute Gasteiger partial charge is 0.352 e. The Morgan fingerprint density at radius 2 is 1.47 bits per heavy atom. The summed E-state index contributed by atoms with van der Waals surface area (Å²) in [5.74, 6) is -0.525. The van der Waals surface area contributed by atoms with E-state index in [-0.39, 0.29) is 22.3 Å². The number of para-hydroxylation sites is 2. The van der Waals surface area contributed by atoms with Gasteiger partial charge in [-0.2, -0.15) is 0 Å². The van der Waals surface area contributed by atoms with Crippen LogP contribution in [-0.2, 0) is 10.0 Å². The highest BCUT2D eigenvalue weighted by Gasteiger charge is 2.21. The second-order valence-corrected chi connectivity index (χ2v) is 10.2. The van der Waals surface area contributed by atoms with Gasteiger partial charge in [0.2, 0.25) is 0 Å². The van der Waals surface area contributed by atoms with Crippen LogP contribution in [0.4, 0.5) is 11.4 Å². The van der Waals surface area contributed by atoms with Gasteiger partial charge >= 0.3 is 0 Å². The molecule has 178 valence electrons. The molecule has 0 bridgehead atoms. The van der Waals surface area contributed by atoms with Crippen molar-refractivity contribution in [2.24, 2.45) is 5.92 Å². The summed E-state index contributed by atoms with van der Waals surface area (Å²) in [6.45, 7) is 7.97. The van der Waals surface area contributed by atoms with Crippen molar-refractivity contribution in [3.8, 4) is 0 Å². The third-order valence-corrected chi connectivity index (χ3v) is 6.73. The summed E-state index contributed by atoms with van der Waals surface area (Å²) in [6.07, 6.45) is 0. The Hall–Kier alpha value is -3.65. The highest BCUT2D eigenvalue weighted by molar-refractivity contribution is 7.92. The number of hydrogen-bond acceptors (Lipinski definition) is 4. The molecule has 0 atom stereocenters. The van der Waals surface area contributed by atoms with E-state index in [1.807, 2.05) is 32.9 Å². The number of amides is 2. The second kappa shape index (κ2) is 10.5. The van der Waals surface area contributed by atoms with Crippen LogP contribution in [0.1, 0.15) is 45.7 Å². The lowest BCUT2D eigenvalue weighted by Crippen LogP contribution is -2.28. The molecule has 0 spiro atoms. The minimum Gasteiger partial charge on any atom is -0.352 e. The quantitative estimate of drug-likeness (QED) is 0.434. The summed E-state index contributed by atoms with van der Waals surface area (Å²) in [7, 11) is -3.93. The zero-order valence-electron chi connectivity index (χ0n) is 19.7. The molecule has 3 N–H and O–H groups in total. The maximum atomic E-state index is 13.1. The van der Waals surface area contributed by atoms with Crippen molar-refractivity contribution in [2.45, 2.75) is 32.6 Å². The van der Waals surface area contributed by atoms with E-state index < -0.39 is 15.9 Å². The molecular weight excluding hydrogens is 450 g/mol. The summed E-state index contributed by atoms with van der Waals surface area (Å²) >= 11 is 0. The number of aryl methyl sites for hydroxylation is 2. The van der Waals surface area contributed by atoms with Gasteiger partial charge in [-0.1, -0.05) is 50.2 Å². The fourth-order valence-corrected chi connectivity index (χ4v) is 4.70. The van der Waals surface area contributed by atoms with Gasteiger partial charge in [0.05, 0.1) is 21.8 Å². The normalized spacial score (nSPS) is 11.2. The third kappa shape index (κ3) is 6.02. The second-order valence-electron chi connectivity index (χ2n) is 8.50. The molecule has 0 aromatic heterocycles. The highest BCUT2D eigenvalue weighted by Crippen LogP contribution is 2.24. The number of nitrogens with one attached hydrogen (secondary N) is 3. The van der Waals surface area contributed by atoms with E-state index in [9.17, 15) is 18.0 Å². The number of sulfonamides is 1. The van der Waals surface area contributed by atoms with Crippen LogP contribution in [0.2, 0.25) is 0 Å². The lowest BCUT2D eigenvalue weighted by Gasteiger charge is -2.15. The fourth-order valence-electron chi connectivity index (χ4n) is 3.29. The molecule has 0 aliphatic heterocycles. The van der Waals surface area contributed by atoms with Gasteiger partial charge in [0.25, 0.3) is 21.8 Å². The van der Waals surface area contributed by atoms with Crippen LogP contribution in [0, 0.1) is 19.8 Å². The van der Waals surface area contributed by atoms with Gasteiger partial charge in [0, 0.05) is 12.1 Å². The predicted molar refractivity (Wildman–Crippen MR) is 135 cm³/mol. The van der Waals surface area contributed by atoms with E-state index in [2.05, 4.69) is 15.4 Å². The maximum absolute atomic E-state index is 13.1. The topological polar surface area (TPSA) is 104 Å². The van der Waals surface area contributed by atoms with E-state index in [0.29, 0.717) is 29.0 Å². The standard InChI is InChI=1S/C26H29N3O4S/c1-17(2)16-27-26(31)21-10-6-8-12-23(21)28-25(30)20-14-13-19(4)24(15-20)34(32,33)29-22-11-7-5-9-18(22)3/h5-15,17,29H,16H2,1-4H3,(H,27,31)(H,28,30). The summed E-state index contributed by atoms with van der Waals surface area (Å²) in [6, 6.07) is 18.2. The van der Waals surface area contributed by atoms with Crippen LogP contribution in [0.15, 0.2) is 71.6 Å². The van der Waals surface area contributed by atoms with Gasteiger partial charge < -0.3 is 10.6 Å². The molecule has 7 nitrogen and oxygen atoms in total. The monoisotopic (exact) mass is 479 g/mol. The first-order valence-electron chi connectivity index (χ1n) is 11.0. The Morgan fingerprint density at radius 1 is 0.824 bits per heavy atom. The van der Waals surface area contributed by atoms with Gasteiger partial charge in [-0.25, -0.2) is 8.42 Å². The Labute approximate surface area is 200 Å². The molecular formula is C26H29N3O4S. The van der Waals surface area contributed by atoms with Crippen LogP contribution >= 0.6 is 0 Å². The van der Waals surface area contributed by atoms with E-state index in [1.165, 1.54) is 6.07 Å². The Bertz CT molecular complexity index is 1320. The molecule has 0 aliphatic carbocycles. The van der Waals surface area contributed by atoms with E-state index in [1.54, 1.807) is 55.5 Å². The lowest BCUT2D eigenvalue weighted by molar-refractivity contribution is 0.0950. The molecule has 0 saturated carbocycles. The zero-order chi connectivity index (χ0) is 24.9. The Kier molecular flexibility index (Phi) is 7.73. The first-order chi connectivity index (χ1) is 16.1. The van der Waals surface area contributed by atoms with Crippen molar-refractivity contribution >= 4 is 33.2 Å². The molecule has 0 aliphatic rings. The Balaban J connectivity index is 1.86. The molecule has 0 unspecified atom stereocenters. The van der Waals surface area contributed by atoms with Gasteiger partial charge in [0.1, 0.15) is 0 Å². The van der Waals surface area contributed by atoms with Crippen LogP contribution in [0.3, 0.4) is 0 Å². The minimum atomic E-state index is -3.93. The number of anilines is 2. The SMILES string of the molecule is Cc1ccccc1NS(=O)(=O)c1cc(C(=O)Nc2ccccc2C(=O)NCC(C)C)ccc1C. The molecule has 3 aromatic carbocycles. The van der Waals surface area contributed by atoms with Crippen LogP contribution in [0.5, 0.6) is 0 Å². The van der Waals surface area contributed by atoms with Crippen molar-refractivity contribution in [1.82, 2.24) is 5.32 Å². The van der Waals surface area contributed by atoms with Crippen molar-refractivity contribution in [2.75, 3.05) is 16.6 Å². The third-order valence-electron chi connectivity index (χ3n) is 5.22. The molecule has 34 heavy (non-hydrogen) atoms. The first-order valence-corrected chi connectivity index (χ1v) is 12.4. The Morgan fingerprint density at radius 3 is 2.15 bits per heavy atom. The maximum Gasteiger partial charge on any atom is 0.262 e. The lowest BCUT2D eigenvalue weighted by atomic mass is 10.1.